The molecule has 7 heteroatoms. The molecule has 1 aromatic carbocycles. The highest BCUT2D eigenvalue weighted by atomic mass is 19.1. The van der Waals surface area contributed by atoms with Gasteiger partial charge in [-0.1, -0.05) is 25.3 Å². The van der Waals surface area contributed by atoms with Crippen LogP contribution in [0, 0.1) is 11.6 Å². The molecule has 0 unspecified atom stereocenters. The Labute approximate surface area is 162 Å². The summed E-state index contributed by atoms with van der Waals surface area (Å²) >= 11 is 0. The predicted molar refractivity (Wildman–Crippen MR) is 104 cm³/mol. The number of pyridine rings is 1. The van der Waals surface area contributed by atoms with Crippen molar-refractivity contribution < 1.29 is 13.2 Å². The number of nitrogens with one attached hydrogen (secondary N) is 2. The number of nitrogens with zero attached hydrogens (tertiary/aromatic N) is 1. The molecule has 0 saturated heterocycles. The zero-order valence-corrected chi connectivity index (χ0v) is 15.7. The molecule has 1 aliphatic rings. The van der Waals surface area contributed by atoms with Crippen LogP contribution in [0.25, 0.3) is 11.1 Å². The van der Waals surface area contributed by atoms with Crippen molar-refractivity contribution in [3.8, 4) is 0 Å². The Morgan fingerprint density at radius 2 is 2.00 bits per heavy atom. The molecule has 2 N–H and O–H groups in total. The minimum atomic E-state index is -0.503. The molecule has 2 heterocycles. The van der Waals surface area contributed by atoms with Crippen LogP contribution in [0.3, 0.4) is 0 Å². The van der Waals surface area contributed by atoms with Crippen LogP contribution in [0.15, 0.2) is 45.9 Å². The van der Waals surface area contributed by atoms with Crippen LogP contribution in [0.5, 0.6) is 0 Å². The molecule has 0 bridgehead atoms. The van der Waals surface area contributed by atoms with Gasteiger partial charge in [-0.3, -0.25) is 9.97 Å². The second-order valence-corrected chi connectivity index (χ2v) is 7.01. The summed E-state index contributed by atoms with van der Waals surface area (Å²) in [6, 6.07) is 6.17. The number of aromatic nitrogens is 2. The van der Waals surface area contributed by atoms with Crippen molar-refractivity contribution in [1.82, 2.24) is 15.3 Å². The van der Waals surface area contributed by atoms with Gasteiger partial charge in [0.25, 0.3) is 0 Å². The topological polar surface area (TPSA) is 70.9 Å². The second kappa shape index (κ2) is 10.1. The van der Waals surface area contributed by atoms with Crippen LogP contribution in [-0.4, -0.2) is 22.6 Å². The van der Waals surface area contributed by atoms with Gasteiger partial charge >= 0.3 is 5.76 Å². The van der Waals surface area contributed by atoms with Crippen LogP contribution < -0.4 is 11.1 Å². The van der Waals surface area contributed by atoms with Gasteiger partial charge in [-0.25, -0.2) is 13.6 Å². The van der Waals surface area contributed by atoms with Crippen molar-refractivity contribution in [2.24, 2.45) is 0 Å². The first kappa shape index (κ1) is 20.2. The molecular weight excluding hydrogens is 364 g/mol. The summed E-state index contributed by atoms with van der Waals surface area (Å²) in [6.07, 6.45) is 11.2. The Morgan fingerprint density at radius 1 is 1.18 bits per heavy atom. The van der Waals surface area contributed by atoms with Gasteiger partial charge in [0.05, 0.1) is 11.7 Å². The first-order valence-electron chi connectivity index (χ1n) is 9.72. The summed E-state index contributed by atoms with van der Waals surface area (Å²) < 4.78 is 30.8. The number of rotatable bonds is 5. The van der Waals surface area contributed by atoms with Crippen LogP contribution in [-0.2, 0) is 6.42 Å². The normalized spacial score (nSPS) is 14.6. The van der Waals surface area contributed by atoms with Crippen molar-refractivity contribution >= 4 is 11.1 Å². The van der Waals surface area contributed by atoms with E-state index in [1.165, 1.54) is 44.4 Å². The first-order chi connectivity index (χ1) is 13.6. The molecule has 3 aromatic rings. The Morgan fingerprint density at radius 3 is 2.75 bits per heavy atom. The third kappa shape index (κ3) is 5.99. The van der Waals surface area contributed by atoms with Gasteiger partial charge in [-0.2, -0.15) is 0 Å². The van der Waals surface area contributed by atoms with Gasteiger partial charge in [-0.05, 0) is 49.9 Å². The van der Waals surface area contributed by atoms with Crippen molar-refractivity contribution in [1.29, 1.82) is 0 Å². The van der Waals surface area contributed by atoms with Gasteiger partial charge in [0.15, 0.2) is 5.58 Å². The third-order valence-electron chi connectivity index (χ3n) is 4.90. The fraction of sp³-hybridized carbons (Fsp3) is 0.429. The van der Waals surface area contributed by atoms with E-state index in [4.69, 9.17) is 4.42 Å². The summed E-state index contributed by atoms with van der Waals surface area (Å²) in [4.78, 5) is 16.8. The monoisotopic (exact) mass is 389 g/mol. The average molecular weight is 389 g/mol. The van der Waals surface area contributed by atoms with E-state index in [9.17, 15) is 13.6 Å². The number of fused-ring (bicyclic) bond motifs is 1. The van der Waals surface area contributed by atoms with Crippen molar-refractivity contribution in [3.63, 3.8) is 0 Å². The molecule has 0 spiro atoms. The predicted octanol–water partition coefficient (Wildman–Crippen LogP) is 4.34. The molecule has 2 aromatic heterocycles. The lowest BCUT2D eigenvalue weighted by Gasteiger charge is -2.22. The Hall–Kier alpha value is -2.54. The number of benzene rings is 1. The van der Waals surface area contributed by atoms with Gasteiger partial charge in [0.2, 0.25) is 0 Å². The third-order valence-corrected chi connectivity index (χ3v) is 4.90. The second-order valence-electron chi connectivity index (χ2n) is 7.01. The minimum absolute atomic E-state index is 0.423. The molecule has 28 heavy (non-hydrogen) atoms. The van der Waals surface area contributed by atoms with E-state index in [1.54, 1.807) is 18.3 Å². The SMILES string of the molecule is Fc1ccc(CCCNC2CCCCC2)c(F)c1.O=c1[nH]c2ccncc2o1. The van der Waals surface area contributed by atoms with E-state index >= 15 is 0 Å². The number of H-pyrrole nitrogens is 1. The maximum absolute atomic E-state index is 13.4. The smallest absolute Gasteiger partial charge is 0.406 e. The highest BCUT2D eigenvalue weighted by molar-refractivity contribution is 5.69. The fourth-order valence-electron chi connectivity index (χ4n) is 3.42. The number of halogens is 2. The number of aromatic amines is 1. The van der Waals surface area contributed by atoms with E-state index in [0.29, 0.717) is 29.1 Å². The van der Waals surface area contributed by atoms with Crippen molar-refractivity contribution in [2.75, 3.05) is 6.54 Å². The molecule has 1 aliphatic carbocycles. The molecular formula is C21H25F2N3O2. The van der Waals surface area contributed by atoms with Crippen LogP contribution in [0.1, 0.15) is 44.1 Å². The summed E-state index contributed by atoms with van der Waals surface area (Å²) in [7, 11) is 0. The van der Waals surface area contributed by atoms with Crippen LogP contribution in [0.2, 0.25) is 0 Å². The quantitative estimate of drug-likeness (QED) is 0.637. The number of hydrogen-bond donors (Lipinski definition) is 2. The van der Waals surface area contributed by atoms with E-state index in [0.717, 1.165) is 19.0 Å². The van der Waals surface area contributed by atoms with Gasteiger partial charge in [-0.15, -0.1) is 0 Å². The summed E-state index contributed by atoms with van der Waals surface area (Å²) in [6.45, 7) is 0.918. The standard InChI is InChI=1S/C15H21F2N.C6H4N2O2/c16-13-9-8-12(15(17)11-13)5-4-10-18-14-6-2-1-3-7-14;9-6-8-4-1-2-7-3-5(4)10-6/h8-9,11,14,18H,1-7,10H2;1-3H,(H,8,9). The summed E-state index contributed by atoms with van der Waals surface area (Å²) in [5.41, 5.74) is 1.79. The maximum Gasteiger partial charge on any atom is 0.417 e. The maximum atomic E-state index is 13.4. The molecule has 150 valence electrons. The molecule has 0 aliphatic heterocycles. The van der Waals surface area contributed by atoms with Crippen LogP contribution >= 0.6 is 0 Å². The highest BCUT2D eigenvalue weighted by Gasteiger charge is 2.12. The molecule has 0 radical (unpaired) electrons. The summed E-state index contributed by atoms with van der Waals surface area (Å²) in [5, 5.41) is 3.53. The Balaban J connectivity index is 0.000000188. The van der Waals surface area contributed by atoms with Crippen LogP contribution in [0.4, 0.5) is 8.78 Å². The number of hydrogen-bond acceptors (Lipinski definition) is 4. The largest absolute Gasteiger partial charge is 0.417 e. The average Bonchev–Trinajstić information content (AvgIpc) is 3.08. The van der Waals surface area contributed by atoms with E-state index in [2.05, 4.69) is 15.3 Å². The van der Waals surface area contributed by atoms with E-state index in [1.807, 2.05) is 0 Å². The number of aryl methyl sites for hydroxylation is 1. The molecule has 1 fully saturated rings. The molecule has 5 nitrogen and oxygen atoms in total. The van der Waals surface area contributed by atoms with Crippen molar-refractivity contribution in [2.45, 2.75) is 51.0 Å². The van der Waals surface area contributed by atoms with Gasteiger partial charge in [0, 0.05) is 18.3 Å². The lowest BCUT2D eigenvalue weighted by molar-refractivity contribution is 0.372. The molecule has 0 atom stereocenters. The van der Waals surface area contributed by atoms with E-state index < -0.39 is 17.4 Å². The Bertz CT molecular complexity index is 897. The zero-order chi connectivity index (χ0) is 19.8. The van der Waals surface area contributed by atoms with Crippen molar-refractivity contribution in [3.05, 3.63) is 64.4 Å². The van der Waals surface area contributed by atoms with E-state index in [-0.39, 0.29) is 0 Å². The highest BCUT2D eigenvalue weighted by Crippen LogP contribution is 2.17. The lowest BCUT2D eigenvalue weighted by atomic mass is 9.95. The Kier molecular flexibility index (Phi) is 7.31. The van der Waals surface area contributed by atoms with Gasteiger partial charge in [0.1, 0.15) is 11.6 Å². The zero-order valence-electron chi connectivity index (χ0n) is 15.7. The van der Waals surface area contributed by atoms with Gasteiger partial charge < -0.3 is 9.73 Å². The minimum Gasteiger partial charge on any atom is -0.406 e. The summed E-state index contributed by atoms with van der Waals surface area (Å²) in [5.74, 6) is -1.37. The fourth-order valence-corrected chi connectivity index (χ4v) is 3.42. The molecule has 1 saturated carbocycles. The molecule has 0 amide bonds. The lowest BCUT2D eigenvalue weighted by Crippen LogP contribution is -2.31. The first-order valence-corrected chi connectivity index (χ1v) is 9.72. The molecule has 4 rings (SSSR count). The number of oxazole rings is 1.